The third-order valence-corrected chi connectivity index (χ3v) is 3.40. The van der Waals surface area contributed by atoms with Crippen LogP contribution in [0.5, 0.6) is 0 Å². The maximum atomic E-state index is 13.7. The van der Waals surface area contributed by atoms with Crippen molar-refractivity contribution in [1.29, 1.82) is 0 Å². The number of carbonyl (C=O) groups is 1. The van der Waals surface area contributed by atoms with Crippen molar-refractivity contribution in [2.75, 3.05) is 0 Å². The highest BCUT2D eigenvalue weighted by Crippen LogP contribution is 2.37. The molecule has 4 heteroatoms. The van der Waals surface area contributed by atoms with Gasteiger partial charge in [-0.1, -0.05) is 6.92 Å². The minimum absolute atomic E-state index is 0.126. The monoisotopic (exact) mass is 225 g/mol. The molecule has 1 amide bonds. The van der Waals surface area contributed by atoms with Crippen LogP contribution >= 0.6 is 0 Å². The van der Waals surface area contributed by atoms with Gasteiger partial charge in [0.05, 0.1) is 0 Å². The van der Waals surface area contributed by atoms with Gasteiger partial charge in [0.2, 0.25) is 5.91 Å². The van der Waals surface area contributed by atoms with Crippen LogP contribution in [0.2, 0.25) is 0 Å². The lowest BCUT2D eigenvalue weighted by Gasteiger charge is -2.28. The van der Waals surface area contributed by atoms with E-state index in [1.54, 1.807) is 13.8 Å². The fraction of sp³-hybridized carbons (Fsp3) is 0.417. The molecule has 0 spiro atoms. The standard InChI is InChI=1S/C12H13F2NO/c1-7-12(2,6-11(16)15-7)9-5-8(13)3-4-10(9)14/h3-5,7H,6H2,1-2H3,(H,15,16). The maximum absolute atomic E-state index is 13.7. The van der Waals surface area contributed by atoms with E-state index in [2.05, 4.69) is 5.32 Å². The molecule has 1 N–H and O–H groups in total. The Kier molecular flexibility index (Phi) is 2.45. The first kappa shape index (κ1) is 11.0. The molecule has 0 aliphatic carbocycles. The predicted octanol–water partition coefficient (Wildman–Crippen LogP) is 2.13. The van der Waals surface area contributed by atoms with Crippen LogP contribution < -0.4 is 5.32 Å². The number of hydrogen-bond donors (Lipinski definition) is 1. The van der Waals surface area contributed by atoms with Gasteiger partial charge in [0, 0.05) is 17.9 Å². The number of carbonyl (C=O) groups excluding carboxylic acids is 1. The van der Waals surface area contributed by atoms with Crippen molar-refractivity contribution in [3.63, 3.8) is 0 Å². The first-order valence-electron chi connectivity index (χ1n) is 5.18. The Morgan fingerprint density at radius 3 is 2.69 bits per heavy atom. The van der Waals surface area contributed by atoms with Gasteiger partial charge in [0.25, 0.3) is 0 Å². The number of hydrogen-bond acceptors (Lipinski definition) is 1. The summed E-state index contributed by atoms with van der Waals surface area (Å²) in [6.45, 7) is 3.57. The van der Waals surface area contributed by atoms with Gasteiger partial charge in [-0.15, -0.1) is 0 Å². The molecule has 16 heavy (non-hydrogen) atoms. The molecular formula is C12H13F2NO. The summed E-state index contributed by atoms with van der Waals surface area (Å²) in [5, 5.41) is 2.72. The molecule has 1 aromatic carbocycles. The van der Waals surface area contributed by atoms with E-state index in [4.69, 9.17) is 0 Å². The molecule has 1 aliphatic rings. The summed E-state index contributed by atoms with van der Waals surface area (Å²) in [6, 6.07) is 3.16. The molecule has 0 bridgehead atoms. The highest BCUT2D eigenvalue weighted by atomic mass is 19.1. The molecule has 1 fully saturated rings. The van der Waals surface area contributed by atoms with Crippen molar-refractivity contribution in [2.45, 2.75) is 31.7 Å². The second-order valence-corrected chi connectivity index (χ2v) is 4.51. The highest BCUT2D eigenvalue weighted by Gasteiger charge is 2.43. The van der Waals surface area contributed by atoms with Crippen LogP contribution in [0, 0.1) is 11.6 Å². The van der Waals surface area contributed by atoms with E-state index in [1.165, 1.54) is 6.07 Å². The van der Waals surface area contributed by atoms with E-state index in [9.17, 15) is 13.6 Å². The van der Waals surface area contributed by atoms with Crippen LogP contribution in [-0.4, -0.2) is 11.9 Å². The first-order valence-corrected chi connectivity index (χ1v) is 5.18. The molecule has 1 aliphatic heterocycles. The lowest BCUT2D eigenvalue weighted by atomic mass is 9.76. The number of benzene rings is 1. The van der Waals surface area contributed by atoms with Crippen LogP contribution in [-0.2, 0) is 10.2 Å². The van der Waals surface area contributed by atoms with Gasteiger partial charge in [0.15, 0.2) is 0 Å². The van der Waals surface area contributed by atoms with E-state index in [0.717, 1.165) is 12.1 Å². The molecule has 86 valence electrons. The van der Waals surface area contributed by atoms with Crippen molar-refractivity contribution in [1.82, 2.24) is 5.32 Å². The Morgan fingerprint density at radius 2 is 2.12 bits per heavy atom. The summed E-state index contributed by atoms with van der Waals surface area (Å²) < 4.78 is 26.8. The normalized spacial score (nSPS) is 29.2. The molecule has 0 aromatic heterocycles. The molecule has 0 radical (unpaired) electrons. The van der Waals surface area contributed by atoms with E-state index in [1.807, 2.05) is 0 Å². The molecule has 2 rings (SSSR count). The van der Waals surface area contributed by atoms with Crippen molar-refractivity contribution in [2.24, 2.45) is 0 Å². The molecule has 2 unspecified atom stereocenters. The van der Waals surface area contributed by atoms with Gasteiger partial charge in [-0.25, -0.2) is 8.78 Å². The molecule has 2 atom stereocenters. The summed E-state index contributed by atoms with van der Waals surface area (Å²) in [5.41, 5.74) is -0.415. The molecule has 1 saturated heterocycles. The van der Waals surface area contributed by atoms with Crippen molar-refractivity contribution >= 4 is 5.91 Å². The van der Waals surface area contributed by atoms with E-state index in [0.29, 0.717) is 0 Å². The maximum Gasteiger partial charge on any atom is 0.221 e. The Morgan fingerprint density at radius 1 is 1.44 bits per heavy atom. The SMILES string of the molecule is CC1NC(=O)CC1(C)c1cc(F)ccc1F. The van der Waals surface area contributed by atoms with Gasteiger partial charge in [-0.05, 0) is 30.7 Å². The van der Waals surface area contributed by atoms with Crippen molar-refractivity contribution in [3.05, 3.63) is 35.4 Å². The molecular weight excluding hydrogens is 212 g/mol. The summed E-state index contributed by atoms with van der Waals surface area (Å²) in [7, 11) is 0. The highest BCUT2D eigenvalue weighted by molar-refractivity contribution is 5.81. The second-order valence-electron chi connectivity index (χ2n) is 4.51. The molecule has 1 heterocycles. The van der Waals surface area contributed by atoms with E-state index < -0.39 is 17.0 Å². The zero-order valence-electron chi connectivity index (χ0n) is 9.18. The van der Waals surface area contributed by atoms with Gasteiger partial charge in [0.1, 0.15) is 11.6 Å². The Hall–Kier alpha value is -1.45. The summed E-state index contributed by atoms with van der Waals surface area (Å²) in [4.78, 5) is 11.3. The zero-order valence-corrected chi connectivity index (χ0v) is 9.18. The van der Waals surface area contributed by atoms with Gasteiger partial charge in [-0.3, -0.25) is 4.79 Å². The third-order valence-electron chi connectivity index (χ3n) is 3.40. The van der Waals surface area contributed by atoms with Crippen molar-refractivity contribution in [3.8, 4) is 0 Å². The Bertz CT molecular complexity index is 447. The molecule has 0 saturated carbocycles. The lowest BCUT2D eigenvalue weighted by Crippen LogP contribution is -2.36. The van der Waals surface area contributed by atoms with E-state index >= 15 is 0 Å². The average molecular weight is 225 g/mol. The predicted molar refractivity (Wildman–Crippen MR) is 55.9 cm³/mol. The fourth-order valence-electron chi connectivity index (χ4n) is 2.20. The van der Waals surface area contributed by atoms with Crippen molar-refractivity contribution < 1.29 is 13.6 Å². The number of nitrogens with one attached hydrogen (secondary N) is 1. The first-order chi connectivity index (χ1) is 7.43. The second kappa shape index (κ2) is 3.54. The van der Waals surface area contributed by atoms with Crippen LogP contribution in [0.4, 0.5) is 8.78 Å². The minimum Gasteiger partial charge on any atom is -0.353 e. The summed E-state index contributed by atoms with van der Waals surface area (Å²) in [5.74, 6) is -1.07. The summed E-state index contributed by atoms with van der Waals surface area (Å²) >= 11 is 0. The van der Waals surface area contributed by atoms with Crippen LogP contribution in [0.3, 0.4) is 0 Å². The largest absolute Gasteiger partial charge is 0.353 e. The minimum atomic E-state index is -0.677. The van der Waals surface area contributed by atoms with E-state index in [-0.39, 0.29) is 23.9 Å². The average Bonchev–Trinajstić information content (AvgIpc) is 2.46. The lowest BCUT2D eigenvalue weighted by molar-refractivity contribution is -0.119. The van der Waals surface area contributed by atoms with Crippen LogP contribution in [0.1, 0.15) is 25.8 Å². The van der Waals surface area contributed by atoms with Crippen LogP contribution in [0.15, 0.2) is 18.2 Å². The number of amides is 1. The third kappa shape index (κ3) is 1.58. The van der Waals surface area contributed by atoms with Gasteiger partial charge >= 0.3 is 0 Å². The molecule has 2 nitrogen and oxygen atoms in total. The zero-order chi connectivity index (χ0) is 11.9. The Balaban J connectivity index is 2.50. The molecule has 1 aromatic rings. The summed E-state index contributed by atoms with van der Waals surface area (Å²) in [6.07, 6.45) is 0.189. The Labute approximate surface area is 92.7 Å². The fourth-order valence-corrected chi connectivity index (χ4v) is 2.20. The van der Waals surface area contributed by atoms with Gasteiger partial charge in [-0.2, -0.15) is 0 Å². The number of rotatable bonds is 1. The van der Waals surface area contributed by atoms with Gasteiger partial charge < -0.3 is 5.32 Å². The smallest absolute Gasteiger partial charge is 0.221 e. The topological polar surface area (TPSA) is 29.1 Å². The van der Waals surface area contributed by atoms with Crippen LogP contribution in [0.25, 0.3) is 0 Å². The quantitative estimate of drug-likeness (QED) is 0.779. The number of halogens is 2.